The highest BCUT2D eigenvalue weighted by Gasteiger charge is 2.11. The lowest BCUT2D eigenvalue weighted by Crippen LogP contribution is -2.68. The Bertz CT molecular complexity index is 343. The number of amides is 2. The van der Waals surface area contributed by atoms with Crippen molar-refractivity contribution in [1.29, 1.82) is 0 Å². The number of nitrogens with one attached hydrogen (secondary N) is 2. The molecule has 0 aliphatic rings. The number of carbonyl (C=O) groups is 4. The predicted octanol–water partition coefficient (Wildman–Crippen LogP) is -5.89. The second-order valence-electron chi connectivity index (χ2n) is 3.48. The van der Waals surface area contributed by atoms with Gasteiger partial charge in [-0.1, -0.05) is 0 Å². The quantitative estimate of drug-likeness (QED) is 0.393. The third kappa shape index (κ3) is 8.05. The molecule has 0 aromatic carbocycles. The van der Waals surface area contributed by atoms with E-state index in [1.807, 2.05) is 5.32 Å². The van der Waals surface area contributed by atoms with Gasteiger partial charge in [0.1, 0.15) is 6.04 Å². The molecule has 9 nitrogen and oxygen atoms in total. The van der Waals surface area contributed by atoms with Gasteiger partial charge in [-0.25, -0.2) is 0 Å². The largest absolute Gasteiger partial charge is 0.548 e. The van der Waals surface area contributed by atoms with Gasteiger partial charge in [-0.3, -0.25) is 9.59 Å². The highest BCUT2D eigenvalue weighted by atomic mass is 16.4. The first kappa shape index (κ1) is 15.8. The molecule has 0 aliphatic carbocycles. The van der Waals surface area contributed by atoms with Crippen molar-refractivity contribution < 1.29 is 35.1 Å². The summed E-state index contributed by atoms with van der Waals surface area (Å²) in [6, 6.07) is -0.998. The molecular weight excluding hydrogens is 246 g/mol. The Morgan fingerprint density at radius 1 is 1.00 bits per heavy atom. The number of aliphatic carboxylic acids is 2. The number of carboxylic acids is 2. The summed E-state index contributed by atoms with van der Waals surface area (Å²) in [6.07, 6.45) is -0.120. The Morgan fingerprint density at radius 2 is 1.56 bits per heavy atom. The molecular formula is C9H14N3O6-. The van der Waals surface area contributed by atoms with E-state index in [0.29, 0.717) is 0 Å². The summed E-state index contributed by atoms with van der Waals surface area (Å²) in [6.45, 7) is -1.03. The van der Waals surface area contributed by atoms with Gasteiger partial charge < -0.3 is 36.2 Å². The van der Waals surface area contributed by atoms with Gasteiger partial charge in [0.2, 0.25) is 11.8 Å². The zero-order valence-electron chi connectivity index (χ0n) is 9.56. The molecule has 2 amide bonds. The number of rotatable bonds is 8. The molecule has 102 valence electrons. The number of hydrogen-bond acceptors (Lipinski definition) is 6. The van der Waals surface area contributed by atoms with E-state index in [0.717, 1.165) is 0 Å². The van der Waals surface area contributed by atoms with E-state index in [1.165, 1.54) is 0 Å². The van der Waals surface area contributed by atoms with Gasteiger partial charge >= 0.3 is 0 Å². The van der Waals surface area contributed by atoms with Crippen LogP contribution in [0, 0.1) is 0 Å². The van der Waals surface area contributed by atoms with Crippen molar-refractivity contribution in [2.75, 3.05) is 13.1 Å². The molecule has 0 aromatic rings. The van der Waals surface area contributed by atoms with Gasteiger partial charge in [-0.05, 0) is 0 Å². The Hall–Kier alpha value is -2.16. The second-order valence-corrected chi connectivity index (χ2v) is 3.48. The van der Waals surface area contributed by atoms with Gasteiger partial charge in [0.25, 0.3) is 0 Å². The maximum atomic E-state index is 11.2. The molecule has 9 heteroatoms. The smallest absolute Gasteiger partial charge is 0.239 e. The van der Waals surface area contributed by atoms with Crippen LogP contribution in [0.25, 0.3) is 0 Å². The van der Waals surface area contributed by atoms with Crippen LogP contribution in [0.4, 0.5) is 0 Å². The SMILES string of the molecule is [NH3+][C@@H](CCC(=O)NCC(=O)NCC(=O)[O-])C(=O)[O-]. The van der Waals surface area contributed by atoms with Crippen molar-refractivity contribution in [2.45, 2.75) is 18.9 Å². The molecule has 0 aromatic heterocycles. The molecule has 0 fully saturated rings. The maximum absolute atomic E-state index is 11.2. The molecule has 0 bridgehead atoms. The molecule has 1 atom stereocenters. The molecule has 18 heavy (non-hydrogen) atoms. The topological polar surface area (TPSA) is 166 Å². The fourth-order valence-electron chi connectivity index (χ4n) is 0.924. The summed E-state index contributed by atoms with van der Waals surface area (Å²) in [5.41, 5.74) is 3.26. The van der Waals surface area contributed by atoms with Crippen molar-refractivity contribution in [3.63, 3.8) is 0 Å². The lowest BCUT2D eigenvalue weighted by molar-refractivity contribution is -0.438. The minimum absolute atomic E-state index is 0.00513. The van der Waals surface area contributed by atoms with Crippen molar-refractivity contribution in [3.8, 4) is 0 Å². The molecule has 0 rings (SSSR count). The number of quaternary nitrogens is 1. The first-order valence-electron chi connectivity index (χ1n) is 5.10. The standard InChI is InChI=1S/C9H15N3O6/c10-5(9(17)18)1-2-6(13)11-3-7(14)12-4-8(15)16/h5H,1-4,10H2,(H,11,13)(H,12,14)(H,15,16)(H,17,18)/p-1/t5-/m0/s1. The lowest BCUT2D eigenvalue weighted by atomic mass is 10.1. The highest BCUT2D eigenvalue weighted by molar-refractivity contribution is 5.86. The Kier molecular flexibility index (Phi) is 7.05. The van der Waals surface area contributed by atoms with Gasteiger partial charge in [-0.2, -0.15) is 0 Å². The summed E-state index contributed by atoms with van der Waals surface area (Å²) in [7, 11) is 0. The first-order chi connectivity index (χ1) is 8.32. The fraction of sp³-hybridized carbons (Fsp3) is 0.556. The number of carboxylic acid groups (broad SMARTS) is 2. The van der Waals surface area contributed by atoms with Crippen LogP contribution in [-0.4, -0.2) is 42.9 Å². The van der Waals surface area contributed by atoms with E-state index in [-0.39, 0.29) is 19.4 Å². The van der Waals surface area contributed by atoms with E-state index in [4.69, 9.17) is 0 Å². The molecule has 5 N–H and O–H groups in total. The summed E-state index contributed by atoms with van der Waals surface area (Å²) >= 11 is 0. The third-order valence-corrected chi connectivity index (χ3v) is 1.93. The zero-order valence-corrected chi connectivity index (χ0v) is 9.56. The predicted molar refractivity (Wildman–Crippen MR) is 51.9 cm³/mol. The van der Waals surface area contributed by atoms with Crippen LogP contribution >= 0.6 is 0 Å². The highest BCUT2D eigenvalue weighted by Crippen LogP contribution is 1.91. The average molecular weight is 260 g/mol. The third-order valence-electron chi connectivity index (χ3n) is 1.93. The monoisotopic (exact) mass is 260 g/mol. The van der Waals surface area contributed by atoms with Crippen molar-refractivity contribution in [1.82, 2.24) is 10.6 Å². The average Bonchev–Trinajstić information content (AvgIpc) is 2.30. The van der Waals surface area contributed by atoms with Crippen LogP contribution in [0.2, 0.25) is 0 Å². The second kappa shape index (κ2) is 8.01. The minimum Gasteiger partial charge on any atom is -0.548 e. The number of hydrogen-bond donors (Lipinski definition) is 3. The molecule has 0 saturated carbocycles. The summed E-state index contributed by atoms with van der Waals surface area (Å²) in [4.78, 5) is 42.4. The van der Waals surface area contributed by atoms with Crippen molar-refractivity contribution in [2.24, 2.45) is 0 Å². The molecule has 0 unspecified atom stereocenters. The van der Waals surface area contributed by atoms with Crippen molar-refractivity contribution in [3.05, 3.63) is 0 Å². The van der Waals surface area contributed by atoms with Crippen LogP contribution in [0.15, 0.2) is 0 Å². The summed E-state index contributed by atoms with van der Waals surface area (Å²) in [5, 5.41) is 24.5. The Labute approximate surface area is 102 Å². The molecule has 0 aliphatic heterocycles. The lowest BCUT2D eigenvalue weighted by Gasteiger charge is -2.09. The van der Waals surface area contributed by atoms with Gasteiger partial charge in [0.15, 0.2) is 0 Å². The molecule has 0 heterocycles. The van der Waals surface area contributed by atoms with Crippen LogP contribution in [0.1, 0.15) is 12.8 Å². The van der Waals surface area contributed by atoms with Crippen LogP contribution in [0.3, 0.4) is 0 Å². The van der Waals surface area contributed by atoms with E-state index in [1.54, 1.807) is 0 Å². The van der Waals surface area contributed by atoms with Gasteiger partial charge in [0.05, 0.1) is 25.0 Å². The van der Waals surface area contributed by atoms with Gasteiger partial charge in [-0.15, -0.1) is 0 Å². The van der Waals surface area contributed by atoms with Crippen LogP contribution in [-0.2, 0) is 19.2 Å². The molecule has 0 saturated heterocycles. The van der Waals surface area contributed by atoms with E-state index < -0.39 is 36.3 Å². The number of carbonyl (C=O) groups excluding carboxylic acids is 4. The van der Waals surface area contributed by atoms with Crippen LogP contribution < -0.4 is 26.6 Å². The Morgan fingerprint density at radius 3 is 2.06 bits per heavy atom. The summed E-state index contributed by atoms with van der Waals surface area (Å²) in [5.74, 6) is -4.01. The maximum Gasteiger partial charge on any atom is 0.239 e. The van der Waals surface area contributed by atoms with Crippen LogP contribution in [0.5, 0.6) is 0 Å². The van der Waals surface area contributed by atoms with E-state index in [9.17, 15) is 29.4 Å². The summed E-state index contributed by atoms with van der Waals surface area (Å²) < 4.78 is 0. The van der Waals surface area contributed by atoms with Gasteiger partial charge in [0, 0.05) is 12.8 Å². The fourth-order valence-corrected chi connectivity index (χ4v) is 0.924. The van der Waals surface area contributed by atoms with E-state index >= 15 is 0 Å². The minimum atomic E-state index is -1.44. The first-order valence-corrected chi connectivity index (χ1v) is 5.10. The van der Waals surface area contributed by atoms with Crippen molar-refractivity contribution >= 4 is 23.8 Å². The molecule has 0 spiro atoms. The van der Waals surface area contributed by atoms with E-state index in [2.05, 4.69) is 11.1 Å². The Balaban J connectivity index is 3.73. The molecule has 0 radical (unpaired) electrons. The normalized spacial score (nSPS) is 11.4. The zero-order chi connectivity index (χ0) is 14.1.